The molecule has 0 saturated heterocycles. The van der Waals surface area contributed by atoms with E-state index in [1.165, 1.54) is 5.56 Å². The van der Waals surface area contributed by atoms with Crippen LogP contribution in [0, 0.1) is 0 Å². The minimum absolute atomic E-state index is 0.271. The first-order valence-electron chi connectivity index (χ1n) is 5.69. The van der Waals surface area contributed by atoms with Gasteiger partial charge in [-0.05, 0) is 30.7 Å². The molecule has 4 heteroatoms. The van der Waals surface area contributed by atoms with Crippen molar-refractivity contribution in [2.75, 3.05) is 20.7 Å². The molecule has 0 saturated carbocycles. The Morgan fingerprint density at radius 2 is 2.18 bits per heavy atom. The van der Waals surface area contributed by atoms with Crippen molar-refractivity contribution in [3.63, 3.8) is 0 Å². The predicted octanol–water partition coefficient (Wildman–Crippen LogP) is 1.17. The number of carbonyl (C=O) groups excluding carboxylic acids is 1. The van der Waals surface area contributed by atoms with Gasteiger partial charge in [-0.3, -0.25) is 9.69 Å². The standard InChI is InChI=1S/C13H20N2O2/c1-4-11-7-10(5-6-12(11)17-3)8-15(2)9-13(14)16/h5-7H,4,8-9H2,1-3H3,(H2,14,16). The van der Waals surface area contributed by atoms with E-state index in [2.05, 4.69) is 13.0 Å². The van der Waals surface area contributed by atoms with Gasteiger partial charge in [-0.25, -0.2) is 0 Å². The lowest BCUT2D eigenvalue weighted by Crippen LogP contribution is -2.30. The minimum Gasteiger partial charge on any atom is -0.496 e. The second kappa shape index (κ2) is 6.25. The molecule has 1 aromatic carbocycles. The number of methoxy groups -OCH3 is 1. The maximum atomic E-state index is 10.8. The van der Waals surface area contributed by atoms with Crippen molar-refractivity contribution in [1.29, 1.82) is 0 Å². The van der Waals surface area contributed by atoms with Crippen LogP contribution >= 0.6 is 0 Å². The van der Waals surface area contributed by atoms with Gasteiger partial charge < -0.3 is 10.5 Å². The molecule has 0 aromatic heterocycles. The zero-order chi connectivity index (χ0) is 12.8. The van der Waals surface area contributed by atoms with Gasteiger partial charge in [0.25, 0.3) is 0 Å². The summed E-state index contributed by atoms with van der Waals surface area (Å²) in [5.74, 6) is 0.602. The molecule has 0 unspecified atom stereocenters. The lowest BCUT2D eigenvalue weighted by Gasteiger charge is -2.16. The zero-order valence-corrected chi connectivity index (χ0v) is 10.7. The summed E-state index contributed by atoms with van der Waals surface area (Å²) in [5.41, 5.74) is 7.49. The Bertz CT molecular complexity index is 391. The van der Waals surface area contributed by atoms with Crippen LogP contribution in [0.1, 0.15) is 18.1 Å². The molecule has 0 atom stereocenters. The quantitative estimate of drug-likeness (QED) is 0.806. The Morgan fingerprint density at radius 3 is 2.71 bits per heavy atom. The summed E-state index contributed by atoms with van der Waals surface area (Å²) < 4.78 is 5.27. The highest BCUT2D eigenvalue weighted by atomic mass is 16.5. The van der Waals surface area contributed by atoms with Gasteiger partial charge in [0.2, 0.25) is 5.91 Å². The monoisotopic (exact) mass is 236 g/mol. The molecule has 0 radical (unpaired) electrons. The lowest BCUT2D eigenvalue weighted by atomic mass is 10.1. The van der Waals surface area contributed by atoms with Gasteiger partial charge in [0.05, 0.1) is 13.7 Å². The molecule has 94 valence electrons. The summed E-state index contributed by atoms with van der Waals surface area (Å²) in [5, 5.41) is 0. The lowest BCUT2D eigenvalue weighted by molar-refractivity contribution is -0.118. The topological polar surface area (TPSA) is 55.6 Å². The number of hydrogen-bond acceptors (Lipinski definition) is 3. The van der Waals surface area contributed by atoms with Gasteiger partial charge in [0.15, 0.2) is 0 Å². The minimum atomic E-state index is -0.309. The first-order valence-corrected chi connectivity index (χ1v) is 5.69. The van der Waals surface area contributed by atoms with E-state index in [-0.39, 0.29) is 12.5 Å². The summed E-state index contributed by atoms with van der Waals surface area (Å²) >= 11 is 0. The van der Waals surface area contributed by atoms with Crippen LogP contribution in [0.5, 0.6) is 5.75 Å². The van der Waals surface area contributed by atoms with E-state index in [0.29, 0.717) is 6.54 Å². The summed E-state index contributed by atoms with van der Waals surface area (Å²) in [4.78, 5) is 12.7. The summed E-state index contributed by atoms with van der Waals surface area (Å²) in [6, 6.07) is 6.08. The molecule has 0 aliphatic rings. The molecule has 1 amide bonds. The number of rotatable bonds is 6. The third kappa shape index (κ3) is 4.07. The van der Waals surface area contributed by atoms with Crippen molar-refractivity contribution in [1.82, 2.24) is 4.90 Å². The average Bonchev–Trinajstić information content (AvgIpc) is 2.27. The van der Waals surface area contributed by atoms with Crippen LogP contribution in [0.25, 0.3) is 0 Å². The van der Waals surface area contributed by atoms with Crippen LogP contribution in [0.2, 0.25) is 0 Å². The molecule has 0 bridgehead atoms. The van der Waals surface area contributed by atoms with Gasteiger partial charge in [-0.1, -0.05) is 19.1 Å². The number of amides is 1. The number of nitrogens with zero attached hydrogens (tertiary/aromatic N) is 1. The Hall–Kier alpha value is -1.55. The smallest absolute Gasteiger partial charge is 0.231 e. The van der Waals surface area contributed by atoms with E-state index >= 15 is 0 Å². The van der Waals surface area contributed by atoms with E-state index in [1.807, 2.05) is 24.1 Å². The first kappa shape index (κ1) is 13.5. The molecule has 1 aromatic rings. The number of ether oxygens (including phenoxy) is 1. The highest BCUT2D eigenvalue weighted by Gasteiger charge is 2.06. The highest BCUT2D eigenvalue weighted by Crippen LogP contribution is 2.20. The highest BCUT2D eigenvalue weighted by molar-refractivity contribution is 5.75. The fourth-order valence-electron chi connectivity index (χ4n) is 1.84. The molecule has 0 aliphatic heterocycles. The molecular weight excluding hydrogens is 216 g/mol. The summed E-state index contributed by atoms with van der Waals surface area (Å²) in [7, 11) is 3.55. The van der Waals surface area contributed by atoms with Crippen LogP contribution in [0.3, 0.4) is 0 Å². The molecule has 17 heavy (non-hydrogen) atoms. The molecule has 1 rings (SSSR count). The zero-order valence-electron chi connectivity index (χ0n) is 10.7. The van der Waals surface area contributed by atoms with Crippen molar-refractivity contribution < 1.29 is 9.53 Å². The number of benzene rings is 1. The van der Waals surface area contributed by atoms with Crippen LogP contribution < -0.4 is 10.5 Å². The summed E-state index contributed by atoms with van der Waals surface area (Å²) in [6.07, 6.45) is 0.927. The average molecular weight is 236 g/mol. The van der Waals surface area contributed by atoms with Crippen LogP contribution in [-0.2, 0) is 17.8 Å². The van der Waals surface area contributed by atoms with Crippen molar-refractivity contribution >= 4 is 5.91 Å². The Labute approximate surface area is 102 Å². The van der Waals surface area contributed by atoms with Crippen LogP contribution in [0.15, 0.2) is 18.2 Å². The summed E-state index contributed by atoms with van der Waals surface area (Å²) in [6.45, 7) is 3.07. The van der Waals surface area contributed by atoms with Gasteiger partial charge in [-0.15, -0.1) is 0 Å². The third-order valence-corrected chi connectivity index (χ3v) is 2.60. The number of primary amides is 1. The molecule has 2 N–H and O–H groups in total. The molecule has 0 aliphatic carbocycles. The van der Waals surface area contributed by atoms with Crippen LogP contribution in [-0.4, -0.2) is 31.5 Å². The van der Waals surface area contributed by atoms with E-state index in [1.54, 1.807) is 7.11 Å². The second-order valence-corrected chi connectivity index (χ2v) is 4.14. The maximum Gasteiger partial charge on any atom is 0.231 e. The van der Waals surface area contributed by atoms with Crippen LogP contribution in [0.4, 0.5) is 0 Å². The number of carbonyl (C=O) groups is 1. The SMILES string of the molecule is CCc1cc(CN(C)CC(N)=O)ccc1OC. The molecule has 0 spiro atoms. The third-order valence-electron chi connectivity index (χ3n) is 2.60. The Kier molecular flexibility index (Phi) is 4.97. The van der Waals surface area contributed by atoms with Gasteiger partial charge in [-0.2, -0.15) is 0 Å². The second-order valence-electron chi connectivity index (χ2n) is 4.14. The van der Waals surface area contributed by atoms with Gasteiger partial charge in [0.1, 0.15) is 5.75 Å². The van der Waals surface area contributed by atoms with Crippen molar-refractivity contribution in [2.45, 2.75) is 19.9 Å². The number of likely N-dealkylation sites (N-methyl/N-ethyl adjacent to an activating group) is 1. The molecule has 4 nitrogen and oxygen atoms in total. The molecule has 0 heterocycles. The Morgan fingerprint density at radius 1 is 1.47 bits per heavy atom. The Balaban J connectivity index is 2.75. The van der Waals surface area contributed by atoms with Crippen molar-refractivity contribution in [3.05, 3.63) is 29.3 Å². The maximum absolute atomic E-state index is 10.8. The number of hydrogen-bond donors (Lipinski definition) is 1. The molecule has 0 fully saturated rings. The normalized spacial score (nSPS) is 10.6. The first-order chi connectivity index (χ1) is 8.06. The van der Waals surface area contributed by atoms with E-state index in [4.69, 9.17) is 10.5 Å². The molecular formula is C13H20N2O2. The largest absolute Gasteiger partial charge is 0.496 e. The van der Waals surface area contributed by atoms with Gasteiger partial charge in [0, 0.05) is 6.54 Å². The number of nitrogens with two attached hydrogens (primary N) is 1. The van der Waals surface area contributed by atoms with Crippen molar-refractivity contribution in [3.8, 4) is 5.75 Å². The number of aryl methyl sites for hydroxylation is 1. The van der Waals surface area contributed by atoms with E-state index in [9.17, 15) is 4.79 Å². The fourth-order valence-corrected chi connectivity index (χ4v) is 1.84. The van der Waals surface area contributed by atoms with E-state index < -0.39 is 0 Å². The van der Waals surface area contributed by atoms with Gasteiger partial charge >= 0.3 is 0 Å². The van der Waals surface area contributed by atoms with E-state index in [0.717, 1.165) is 17.7 Å². The van der Waals surface area contributed by atoms with Crippen molar-refractivity contribution in [2.24, 2.45) is 5.73 Å². The fraction of sp³-hybridized carbons (Fsp3) is 0.462. The predicted molar refractivity (Wildman–Crippen MR) is 67.9 cm³/mol.